The van der Waals surface area contributed by atoms with Crippen LogP contribution in [0.5, 0.6) is 5.75 Å². The third-order valence-corrected chi connectivity index (χ3v) is 5.39. The quantitative estimate of drug-likeness (QED) is 0.835. The first-order valence-corrected chi connectivity index (χ1v) is 9.49. The number of benzene rings is 2. The monoisotopic (exact) mass is 387 g/mol. The average Bonchev–Trinajstić information content (AvgIpc) is 2.64. The third-order valence-electron chi connectivity index (χ3n) is 4.98. The number of anilines is 2. The van der Waals surface area contributed by atoms with Crippen LogP contribution in [0.15, 0.2) is 30.3 Å². The SMILES string of the molecule is COc1cc(Cl)c(C)cc1NC(=O)N1CCN(c2ccc(C)cc2C)CC1. The van der Waals surface area contributed by atoms with Gasteiger partial charge in [-0.25, -0.2) is 4.79 Å². The lowest BCUT2D eigenvalue weighted by Crippen LogP contribution is -2.50. The number of carbonyl (C=O) groups is 1. The van der Waals surface area contributed by atoms with Crippen molar-refractivity contribution < 1.29 is 9.53 Å². The first-order valence-electron chi connectivity index (χ1n) is 9.11. The summed E-state index contributed by atoms with van der Waals surface area (Å²) in [6.45, 7) is 9.12. The lowest BCUT2D eigenvalue weighted by atomic mass is 10.1. The Labute approximate surface area is 165 Å². The predicted octanol–water partition coefficient (Wildman–Crippen LogP) is 4.63. The lowest BCUT2D eigenvalue weighted by molar-refractivity contribution is 0.208. The van der Waals surface area contributed by atoms with Gasteiger partial charge in [0, 0.05) is 43.0 Å². The van der Waals surface area contributed by atoms with Crippen LogP contribution in [0.3, 0.4) is 0 Å². The first kappa shape index (κ1) is 19.4. The second-order valence-electron chi connectivity index (χ2n) is 7.00. The summed E-state index contributed by atoms with van der Waals surface area (Å²) in [6, 6.07) is 9.95. The first-order chi connectivity index (χ1) is 12.9. The molecular formula is C21H26ClN3O2. The highest BCUT2D eigenvalue weighted by Gasteiger charge is 2.23. The Morgan fingerprint density at radius 3 is 2.37 bits per heavy atom. The van der Waals surface area contributed by atoms with Crippen LogP contribution in [-0.2, 0) is 0 Å². The van der Waals surface area contributed by atoms with Gasteiger partial charge in [0.05, 0.1) is 12.8 Å². The Kier molecular flexibility index (Phi) is 5.80. The van der Waals surface area contributed by atoms with E-state index in [4.69, 9.17) is 16.3 Å². The summed E-state index contributed by atoms with van der Waals surface area (Å²) < 4.78 is 5.34. The van der Waals surface area contributed by atoms with Gasteiger partial charge >= 0.3 is 6.03 Å². The molecule has 1 heterocycles. The molecule has 6 heteroatoms. The van der Waals surface area contributed by atoms with Gasteiger partial charge in [-0.1, -0.05) is 29.3 Å². The fraction of sp³-hybridized carbons (Fsp3) is 0.381. The lowest BCUT2D eigenvalue weighted by Gasteiger charge is -2.36. The molecule has 1 fully saturated rings. The van der Waals surface area contributed by atoms with E-state index in [1.807, 2.05) is 17.9 Å². The molecule has 0 unspecified atom stereocenters. The minimum Gasteiger partial charge on any atom is -0.495 e. The minimum absolute atomic E-state index is 0.115. The molecule has 0 radical (unpaired) electrons. The maximum atomic E-state index is 12.7. The van der Waals surface area contributed by atoms with E-state index in [1.54, 1.807) is 13.2 Å². The molecule has 2 aromatic carbocycles. The minimum atomic E-state index is -0.115. The van der Waals surface area contributed by atoms with Crippen molar-refractivity contribution in [2.45, 2.75) is 20.8 Å². The van der Waals surface area contributed by atoms with Crippen LogP contribution in [-0.4, -0.2) is 44.2 Å². The van der Waals surface area contributed by atoms with Crippen molar-refractivity contribution in [3.63, 3.8) is 0 Å². The van der Waals surface area contributed by atoms with Crippen LogP contribution in [0, 0.1) is 20.8 Å². The number of methoxy groups -OCH3 is 1. The van der Waals surface area contributed by atoms with Crippen molar-refractivity contribution in [2.24, 2.45) is 0 Å². The predicted molar refractivity (Wildman–Crippen MR) is 111 cm³/mol. The van der Waals surface area contributed by atoms with Gasteiger partial charge < -0.3 is 19.9 Å². The van der Waals surface area contributed by atoms with Crippen LogP contribution < -0.4 is 15.0 Å². The summed E-state index contributed by atoms with van der Waals surface area (Å²) in [4.78, 5) is 16.9. The number of aryl methyl sites for hydroxylation is 3. The molecule has 0 aromatic heterocycles. The molecule has 27 heavy (non-hydrogen) atoms. The Hall–Kier alpha value is -2.40. The van der Waals surface area contributed by atoms with Crippen molar-refractivity contribution >= 4 is 29.0 Å². The van der Waals surface area contributed by atoms with Crippen molar-refractivity contribution in [3.8, 4) is 5.75 Å². The Bertz CT molecular complexity index is 846. The second kappa shape index (κ2) is 8.09. The number of hydrogen-bond acceptors (Lipinski definition) is 3. The molecule has 1 saturated heterocycles. The number of rotatable bonds is 3. The number of hydrogen-bond donors (Lipinski definition) is 1. The second-order valence-corrected chi connectivity index (χ2v) is 7.40. The van der Waals surface area contributed by atoms with Gasteiger partial charge in [-0.2, -0.15) is 0 Å². The highest BCUT2D eigenvalue weighted by molar-refractivity contribution is 6.31. The molecule has 1 aliphatic rings. The molecule has 2 aromatic rings. The molecule has 3 rings (SSSR count). The van der Waals surface area contributed by atoms with Gasteiger partial charge in [-0.15, -0.1) is 0 Å². The van der Waals surface area contributed by atoms with Crippen molar-refractivity contribution in [3.05, 3.63) is 52.0 Å². The Morgan fingerprint density at radius 1 is 1.04 bits per heavy atom. The van der Waals surface area contributed by atoms with Gasteiger partial charge in [0.1, 0.15) is 5.75 Å². The summed E-state index contributed by atoms with van der Waals surface area (Å²) in [5.41, 5.74) is 5.32. The van der Waals surface area contributed by atoms with Crippen molar-refractivity contribution in [2.75, 3.05) is 43.5 Å². The van der Waals surface area contributed by atoms with E-state index in [1.165, 1.54) is 16.8 Å². The molecule has 0 saturated carbocycles. The zero-order valence-electron chi connectivity index (χ0n) is 16.3. The van der Waals surface area contributed by atoms with Crippen LogP contribution in [0.1, 0.15) is 16.7 Å². The van der Waals surface area contributed by atoms with Gasteiger partial charge in [-0.05, 0) is 44.0 Å². The summed E-state index contributed by atoms with van der Waals surface area (Å²) in [6.07, 6.45) is 0. The third kappa shape index (κ3) is 4.30. The van der Waals surface area contributed by atoms with E-state index in [2.05, 4.69) is 42.3 Å². The number of ether oxygens (including phenoxy) is 1. The highest BCUT2D eigenvalue weighted by Crippen LogP contribution is 2.31. The number of carbonyl (C=O) groups excluding carboxylic acids is 1. The summed E-state index contributed by atoms with van der Waals surface area (Å²) >= 11 is 6.14. The smallest absolute Gasteiger partial charge is 0.322 e. The maximum Gasteiger partial charge on any atom is 0.322 e. The zero-order valence-corrected chi connectivity index (χ0v) is 17.1. The van der Waals surface area contributed by atoms with E-state index in [0.29, 0.717) is 29.5 Å². The largest absolute Gasteiger partial charge is 0.495 e. The van der Waals surface area contributed by atoms with Crippen LogP contribution >= 0.6 is 11.6 Å². The van der Waals surface area contributed by atoms with Gasteiger partial charge in [0.25, 0.3) is 0 Å². The Morgan fingerprint density at radius 2 is 1.74 bits per heavy atom. The van der Waals surface area contributed by atoms with Gasteiger partial charge in [0.2, 0.25) is 0 Å². The van der Waals surface area contributed by atoms with E-state index < -0.39 is 0 Å². The normalized spacial score (nSPS) is 14.3. The highest BCUT2D eigenvalue weighted by atomic mass is 35.5. The molecule has 0 bridgehead atoms. The van der Waals surface area contributed by atoms with Gasteiger partial charge in [0.15, 0.2) is 0 Å². The molecule has 1 aliphatic heterocycles. The molecular weight excluding hydrogens is 362 g/mol. The van der Waals surface area contributed by atoms with Crippen molar-refractivity contribution in [1.82, 2.24) is 4.90 Å². The van der Waals surface area contributed by atoms with Gasteiger partial charge in [-0.3, -0.25) is 0 Å². The number of nitrogens with one attached hydrogen (secondary N) is 1. The van der Waals surface area contributed by atoms with E-state index in [9.17, 15) is 4.79 Å². The van der Waals surface area contributed by atoms with E-state index >= 15 is 0 Å². The fourth-order valence-electron chi connectivity index (χ4n) is 3.43. The number of piperazine rings is 1. The molecule has 0 aliphatic carbocycles. The molecule has 0 atom stereocenters. The maximum absolute atomic E-state index is 12.7. The molecule has 5 nitrogen and oxygen atoms in total. The fourth-order valence-corrected chi connectivity index (χ4v) is 3.59. The van der Waals surface area contributed by atoms with E-state index in [-0.39, 0.29) is 6.03 Å². The van der Waals surface area contributed by atoms with E-state index in [0.717, 1.165) is 18.7 Å². The molecule has 2 amide bonds. The zero-order chi connectivity index (χ0) is 19.6. The summed E-state index contributed by atoms with van der Waals surface area (Å²) in [5.74, 6) is 0.563. The molecule has 1 N–H and O–H groups in total. The summed E-state index contributed by atoms with van der Waals surface area (Å²) in [7, 11) is 1.57. The van der Waals surface area contributed by atoms with Crippen LogP contribution in [0.2, 0.25) is 5.02 Å². The number of amides is 2. The Balaban J connectivity index is 1.64. The molecule has 144 valence electrons. The standard InChI is InChI=1S/C21H26ClN3O2/c1-14-5-6-19(16(3)11-14)24-7-9-25(10-8-24)21(26)23-18-12-15(2)17(22)13-20(18)27-4/h5-6,11-13H,7-10H2,1-4H3,(H,23,26). The number of nitrogens with zero attached hydrogens (tertiary/aromatic N) is 2. The van der Waals surface area contributed by atoms with Crippen molar-refractivity contribution in [1.29, 1.82) is 0 Å². The number of halogens is 1. The van der Waals surface area contributed by atoms with Crippen LogP contribution in [0.4, 0.5) is 16.2 Å². The van der Waals surface area contributed by atoms with Crippen LogP contribution in [0.25, 0.3) is 0 Å². The summed E-state index contributed by atoms with van der Waals surface area (Å²) in [5, 5.41) is 3.58. The average molecular weight is 388 g/mol. The number of urea groups is 1. The molecule has 0 spiro atoms. The topological polar surface area (TPSA) is 44.8 Å².